The molecule has 1 atom stereocenters. The van der Waals surface area contributed by atoms with E-state index in [4.69, 9.17) is 9.15 Å². The molecule has 0 spiro atoms. The minimum Gasteiger partial charge on any atom is -0.459 e. The SMILES string of the molecule is Cc1cccc(C(=O)NC(C(=O)OCc2cc(=O)oc3cc4c(cc23)CCC4)C(C)C)c1. The number of rotatable bonds is 6. The lowest BCUT2D eigenvalue weighted by Crippen LogP contribution is -2.45. The molecule has 166 valence electrons. The molecule has 2 aromatic carbocycles. The molecule has 0 bridgehead atoms. The van der Waals surface area contributed by atoms with E-state index in [2.05, 4.69) is 5.32 Å². The average molecular weight is 434 g/mol. The van der Waals surface area contributed by atoms with Crippen LogP contribution in [-0.4, -0.2) is 17.9 Å². The van der Waals surface area contributed by atoms with Gasteiger partial charge in [0.15, 0.2) is 0 Å². The lowest BCUT2D eigenvalue weighted by molar-refractivity contribution is -0.148. The van der Waals surface area contributed by atoms with Crippen LogP contribution in [0, 0.1) is 12.8 Å². The number of carbonyl (C=O) groups excluding carboxylic acids is 2. The Balaban J connectivity index is 1.52. The molecule has 6 heteroatoms. The highest BCUT2D eigenvalue weighted by atomic mass is 16.5. The van der Waals surface area contributed by atoms with Gasteiger partial charge in [0.05, 0.1) is 0 Å². The van der Waals surface area contributed by atoms with E-state index in [-0.39, 0.29) is 18.4 Å². The highest BCUT2D eigenvalue weighted by Crippen LogP contribution is 2.28. The van der Waals surface area contributed by atoms with Gasteiger partial charge in [-0.15, -0.1) is 0 Å². The molecule has 0 fully saturated rings. The Morgan fingerprint density at radius 3 is 2.56 bits per heavy atom. The van der Waals surface area contributed by atoms with Crippen molar-refractivity contribution < 1.29 is 18.7 Å². The van der Waals surface area contributed by atoms with Crippen LogP contribution < -0.4 is 10.9 Å². The smallest absolute Gasteiger partial charge is 0.336 e. The summed E-state index contributed by atoms with van der Waals surface area (Å²) in [6, 6.07) is 11.7. The van der Waals surface area contributed by atoms with Crippen LogP contribution in [-0.2, 0) is 29.0 Å². The molecule has 0 saturated carbocycles. The predicted octanol–water partition coefficient (Wildman–Crippen LogP) is 4.09. The van der Waals surface area contributed by atoms with E-state index < -0.39 is 17.6 Å². The minimum absolute atomic E-state index is 0.0662. The maximum absolute atomic E-state index is 12.9. The fraction of sp³-hybridized carbons (Fsp3) is 0.346. The first-order chi connectivity index (χ1) is 15.3. The van der Waals surface area contributed by atoms with E-state index in [1.54, 1.807) is 18.2 Å². The summed E-state index contributed by atoms with van der Waals surface area (Å²) in [5.41, 5.74) is 4.53. The molecule has 1 heterocycles. The van der Waals surface area contributed by atoms with Gasteiger partial charge >= 0.3 is 11.6 Å². The normalized spacial score (nSPS) is 13.8. The van der Waals surface area contributed by atoms with Crippen LogP contribution in [0.1, 0.15) is 52.9 Å². The van der Waals surface area contributed by atoms with E-state index in [1.165, 1.54) is 17.2 Å². The van der Waals surface area contributed by atoms with Crippen LogP contribution in [0.2, 0.25) is 0 Å². The Morgan fingerprint density at radius 1 is 1.09 bits per heavy atom. The van der Waals surface area contributed by atoms with Gasteiger partial charge < -0.3 is 14.5 Å². The monoisotopic (exact) mass is 433 g/mol. The van der Waals surface area contributed by atoms with E-state index in [9.17, 15) is 14.4 Å². The van der Waals surface area contributed by atoms with Crippen LogP contribution >= 0.6 is 0 Å². The summed E-state index contributed by atoms with van der Waals surface area (Å²) >= 11 is 0. The Morgan fingerprint density at radius 2 is 1.84 bits per heavy atom. The van der Waals surface area contributed by atoms with E-state index in [0.29, 0.717) is 16.7 Å². The molecule has 0 radical (unpaired) electrons. The van der Waals surface area contributed by atoms with Crippen LogP contribution in [0.5, 0.6) is 0 Å². The number of aryl methyl sites for hydroxylation is 3. The molecule has 1 aliphatic rings. The summed E-state index contributed by atoms with van der Waals surface area (Å²) in [5, 5.41) is 3.57. The van der Waals surface area contributed by atoms with Crippen molar-refractivity contribution in [3.05, 3.63) is 80.7 Å². The first kappa shape index (κ1) is 21.8. The van der Waals surface area contributed by atoms with Crippen LogP contribution in [0.3, 0.4) is 0 Å². The van der Waals surface area contributed by atoms with Crippen LogP contribution in [0.15, 0.2) is 51.7 Å². The van der Waals surface area contributed by atoms with Crippen molar-refractivity contribution in [1.82, 2.24) is 5.32 Å². The molecule has 1 aliphatic carbocycles. The number of ether oxygens (including phenoxy) is 1. The van der Waals surface area contributed by atoms with Gasteiger partial charge in [-0.05, 0) is 67.5 Å². The van der Waals surface area contributed by atoms with Crippen molar-refractivity contribution in [1.29, 1.82) is 0 Å². The molecule has 6 nitrogen and oxygen atoms in total. The zero-order valence-electron chi connectivity index (χ0n) is 18.6. The summed E-state index contributed by atoms with van der Waals surface area (Å²) in [7, 11) is 0. The van der Waals surface area contributed by atoms with Crippen molar-refractivity contribution in [2.45, 2.75) is 52.7 Å². The summed E-state index contributed by atoms with van der Waals surface area (Å²) in [6.07, 6.45) is 3.05. The molecule has 4 rings (SSSR count). The Labute approximate surface area is 186 Å². The maximum Gasteiger partial charge on any atom is 0.336 e. The van der Waals surface area contributed by atoms with Gasteiger partial charge in [0.25, 0.3) is 5.91 Å². The topological polar surface area (TPSA) is 85.6 Å². The van der Waals surface area contributed by atoms with Gasteiger partial charge in [-0.3, -0.25) is 4.79 Å². The van der Waals surface area contributed by atoms with Gasteiger partial charge in [0.1, 0.15) is 18.2 Å². The van der Waals surface area contributed by atoms with Crippen molar-refractivity contribution in [3.63, 3.8) is 0 Å². The highest BCUT2D eigenvalue weighted by molar-refractivity contribution is 5.97. The highest BCUT2D eigenvalue weighted by Gasteiger charge is 2.26. The summed E-state index contributed by atoms with van der Waals surface area (Å²) in [4.78, 5) is 37.6. The van der Waals surface area contributed by atoms with Gasteiger partial charge in [-0.25, -0.2) is 9.59 Å². The van der Waals surface area contributed by atoms with Gasteiger partial charge in [0, 0.05) is 22.6 Å². The molecule has 3 aromatic rings. The third-order valence-corrected chi connectivity index (χ3v) is 5.90. The Hall–Kier alpha value is -3.41. The number of fused-ring (bicyclic) bond motifs is 2. The Bertz CT molecular complexity index is 1240. The lowest BCUT2D eigenvalue weighted by atomic mass is 10.0. The molecule has 1 unspecified atom stereocenters. The van der Waals surface area contributed by atoms with Crippen LogP contribution in [0.4, 0.5) is 0 Å². The second-order valence-corrected chi connectivity index (χ2v) is 8.73. The predicted molar refractivity (Wildman–Crippen MR) is 122 cm³/mol. The number of hydrogen-bond donors (Lipinski definition) is 1. The van der Waals surface area contributed by atoms with Crippen molar-refractivity contribution in [2.24, 2.45) is 5.92 Å². The lowest BCUT2D eigenvalue weighted by Gasteiger charge is -2.21. The van der Waals surface area contributed by atoms with Crippen LogP contribution in [0.25, 0.3) is 11.0 Å². The third-order valence-electron chi connectivity index (χ3n) is 5.90. The van der Waals surface area contributed by atoms with E-state index in [1.807, 2.05) is 39.0 Å². The quantitative estimate of drug-likeness (QED) is 0.468. The second-order valence-electron chi connectivity index (χ2n) is 8.73. The number of carbonyl (C=O) groups is 2. The molecule has 0 aliphatic heterocycles. The first-order valence-electron chi connectivity index (χ1n) is 10.9. The summed E-state index contributed by atoms with van der Waals surface area (Å²) in [5.74, 6) is -1.04. The summed E-state index contributed by atoms with van der Waals surface area (Å²) < 4.78 is 10.9. The zero-order chi connectivity index (χ0) is 22.8. The van der Waals surface area contributed by atoms with E-state index >= 15 is 0 Å². The standard InChI is InChI=1S/C26H27NO5/c1-15(2)24(27-25(29)19-9-4-6-16(3)10-19)26(30)31-14-20-13-23(28)32-22-12-18-8-5-7-17(18)11-21(20)22/h4,6,9-13,15,24H,5,7-8,14H2,1-3H3,(H,27,29). The number of nitrogens with one attached hydrogen (secondary N) is 1. The fourth-order valence-electron chi connectivity index (χ4n) is 4.16. The molecule has 1 N–H and O–H groups in total. The number of esters is 1. The average Bonchev–Trinajstić information content (AvgIpc) is 3.21. The van der Waals surface area contributed by atoms with Gasteiger partial charge in [0.2, 0.25) is 0 Å². The molecule has 1 aromatic heterocycles. The van der Waals surface area contributed by atoms with E-state index in [0.717, 1.165) is 30.2 Å². The number of amides is 1. The maximum atomic E-state index is 12.9. The fourth-order valence-corrected chi connectivity index (χ4v) is 4.16. The molecular formula is C26H27NO5. The van der Waals surface area contributed by atoms with Crippen molar-refractivity contribution in [2.75, 3.05) is 0 Å². The third kappa shape index (κ3) is 4.59. The first-order valence-corrected chi connectivity index (χ1v) is 10.9. The molecule has 32 heavy (non-hydrogen) atoms. The molecule has 1 amide bonds. The minimum atomic E-state index is -0.807. The number of benzene rings is 2. The van der Waals surface area contributed by atoms with Gasteiger partial charge in [-0.1, -0.05) is 31.5 Å². The van der Waals surface area contributed by atoms with Crippen molar-refractivity contribution >= 4 is 22.8 Å². The number of hydrogen-bond acceptors (Lipinski definition) is 5. The van der Waals surface area contributed by atoms with Crippen molar-refractivity contribution in [3.8, 4) is 0 Å². The molecule has 0 saturated heterocycles. The summed E-state index contributed by atoms with van der Waals surface area (Å²) in [6.45, 7) is 5.53. The van der Waals surface area contributed by atoms with Gasteiger partial charge in [-0.2, -0.15) is 0 Å². The Kier molecular flexibility index (Phi) is 6.12. The molecular weight excluding hydrogens is 406 g/mol. The second kappa shape index (κ2) is 8.99. The largest absolute Gasteiger partial charge is 0.459 e. The zero-order valence-corrected chi connectivity index (χ0v) is 18.6.